The van der Waals surface area contributed by atoms with E-state index >= 15 is 0 Å². The molecule has 0 aliphatic heterocycles. The number of hydrogen-bond donors (Lipinski definition) is 0. The molecule has 0 saturated carbocycles. The van der Waals surface area contributed by atoms with Gasteiger partial charge in [0.2, 0.25) is 23.1 Å². The number of fused-ring (bicyclic) bond motifs is 9. The normalized spacial score (nSPS) is 15.8. The number of thiophene rings is 4. The summed E-state index contributed by atoms with van der Waals surface area (Å²) < 4.78 is 13.2. The first-order valence-electron chi connectivity index (χ1n) is 15.8. The fourth-order valence-electron chi connectivity index (χ4n) is 6.86. The van der Waals surface area contributed by atoms with Crippen molar-refractivity contribution in [3.8, 4) is 0 Å². The second-order valence-corrected chi connectivity index (χ2v) is 16.4. The van der Waals surface area contributed by atoms with Crippen molar-refractivity contribution in [1.29, 1.82) is 0 Å². The molecule has 0 bridgehead atoms. The van der Waals surface area contributed by atoms with E-state index in [0.717, 1.165) is 54.6 Å². The number of hydrogen-bond acceptors (Lipinski definition) is 10. The highest BCUT2D eigenvalue weighted by molar-refractivity contribution is 7.39. The Hall–Kier alpha value is -5.59. The fourth-order valence-corrected chi connectivity index (χ4v) is 12.1. The first-order chi connectivity index (χ1) is 24.9. The average molecular weight is 738 g/mol. The van der Waals surface area contributed by atoms with Crippen LogP contribution in [0.2, 0.25) is 0 Å². The van der Waals surface area contributed by atoms with Gasteiger partial charge in [0.1, 0.15) is 6.61 Å². The number of aromatic nitrogens is 1. The maximum absolute atomic E-state index is 14.2. The van der Waals surface area contributed by atoms with Crippen LogP contribution in [0.15, 0.2) is 91.0 Å². The summed E-state index contributed by atoms with van der Waals surface area (Å²) in [7, 11) is 0. The van der Waals surface area contributed by atoms with E-state index in [2.05, 4.69) is 0 Å². The first kappa shape index (κ1) is 30.3. The van der Waals surface area contributed by atoms with Crippen molar-refractivity contribution >= 4 is 137 Å². The van der Waals surface area contributed by atoms with Crippen LogP contribution < -0.4 is 0 Å². The summed E-state index contributed by atoms with van der Waals surface area (Å²) >= 11 is 6.07. The van der Waals surface area contributed by atoms with Crippen molar-refractivity contribution in [1.82, 2.24) is 4.57 Å². The van der Waals surface area contributed by atoms with E-state index in [1.54, 1.807) is 75.8 Å². The molecule has 0 atom stereocenters. The standard InChI is InChI=1S/C40H19NO6S4/c42-32-24-12-6-4-10-22(24)26(34(32)44)14-20-16-28-36(48-20)30-38(50-28)39-31(41(30)40(46)47-18-19-8-2-1-3-9-19)37-29(51-39)17-21(49-37)15-27-23-11-5-7-13-25(23)33(43)35(27)45/h1-17H,18H2/b26-14-,27-15-. The third kappa shape index (κ3) is 4.49. The summed E-state index contributed by atoms with van der Waals surface area (Å²) in [5, 5.41) is 0. The van der Waals surface area contributed by atoms with Crippen molar-refractivity contribution in [3.63, 3.8) is 0 Å². The second-order valence-electron chi connectivity index (χ2n) is 12.1. The molecule has 0 amide bonds. The zero-order valence-corrected chi connectivity index (χ0v) is 29.3. The maximum atomic E-state index is 14.2. The molecule has 11 heteroatoms. The minimum Gasteiger partial charge on any atom is -0.444 e. The molecular weight excluding hydrogens is 719 g/mol. The van der Waals surface area contributed by atoms with E-state index in [1.807, 2.05) is 54.6 Å². The Morgan fingerprint density at radius 2 is 1.00 bits per heavy atom. The van der Waals surface area contributed by atoms with Gasteiger partial charge < -0.3 is 4.74 Å². The van der Waals surface area contributed by atoms with Crippen LogP contribution in [0.25, 0.3) is 62.5 Å². The monoisotopic (exact) mass is 737 g/mol. The van der Waals surface area contributed by atoms with Crippen molar-refractivity contribution < 1.29 is 28.7 Å². The molecule has 0 fully saturated rings. The highest BCUT2D eigenvalue weighted by Gasteiger charge is 2.35. The van der Waals surface area contributed by atoms with Crippen molar-refractivity contribution in [3.05, 3.63) is 129 Å². The number of benzene rings is 3. The quantitative estimate of drug-likeness (QED) is 0.132. The number of ketones is 4. The summed E-state index contributed by atoms with van der Waals surface area (Å²) in [6.45, 7) is 0.0933. The molecule has 3 aromatic carbocycles. The number of carbonyl (C=O) groups excluding carboxylic acids is 5. The van der Waals surface area contributed by atoms with Crippen LogP contribution in [0.5, 0.6) is 0 Å². The summed E-state index contributed by atoms with van der Waals surface area (Å²) in [6, 6.07) is 27.5. The molecule has 10 rings (SSSR count). The van der Waals surface area contributed by atoms with Gasteiger partial charge in [0.15, 0.2) is 0 Å². The zero-order valence-electron chi connectivity index (χ0n) is 26.1. The van der Waals surface area contributed by atoms with Gasteiger partial charge in [-0.1, -0.05) is 78.9 Å². The molecule has 2 aliphatic rings. The highest BCUT2D eigenvalue weighted by Crippen LogP contribution is 2.51. The molecule has 0 spiro atoms. The summed E-state index contributed by atoms with van der Waals surface area (Å²) in [6.07, 6.45) is 3.02. The molecule has 0 N–H and O–H groups in total. The molecule has 0 radical (unpaired) electrons. The largest absolute Gasteiger partial charge is 0.444 e. The van der Waals surface area contributed by atoms with Crippen LogP contribution in [-0.4, -0.2) is 33.8 Å². The van der Waals surface area contributed by atoms with Crippen molar-refractivity contribution in [2.24, 2.45) is 0 Å². The van der Waals surface area contributed by atoms with Crippen LogP contribution in [0.4, 0.5) is 4.79 Å². The summed E-state index contributed by atoms with van der Waals surface area (Å²) in [4.78, 5) is 67.0. The lowest BCUT2D eigenvalue weighted by Crippen LogP contribution is -2.13. The van der Waals surface area contributed by atoms with Gasteiger partial charge in [0.05, 0.1) is 29.8 Å². The van der Waals surface area contributed by atoms with Crippen molar-refractivity contribution in [2.45, 2.75) is 6.61 Å². The topological polar surface area (TPSA) is 99.5 Å². The smallest absolute Gasteiger partial charge is 0.419 e. The van der Waals surface area contributed by atoms with E-state index in [-0.39, 0.29) is 6.61 Å². The van der Waals surface area contributed by atoms with Crippen LogP contribution >= 0.6 is 45.3 Å². The number of carbonyl (C=O) groups is 5. The Morgan fingerprint density at radius 1 is 0.549 bits per heavy atom. The Morgan fingerprint density at radius 3 is 1.49 bits per heavy atom. The number of Topliss-reactive ketones (excluding diaryl/α,β-unsaturated/α-hetero) is 4. The maximum Gasteiger partial charge on any atom is 0.419 e. The Kier molecular flexibility index (Phi) is 6.65. The molecule has 51 heavy (non-hydrogen) atoms. The van der Waals surface area contributed by atoms with E-state index in [0.29, 0.717) is 33.4 Å². The van der Waals surface area contributed by atoms with Gasteiger partial charge in [-0.3, -0.25) is 19.2 Å². The number of ether oxygens (including phenoxy) is 1. The van der Waals surface area contributed by atoms with Gasteiger partial charge in [0, 0.05) is 41.4 Å². The lowest BCUT2D eigenvalue weighted by Gasteiger charge is -2.07. The van der Waals surface area contributed by atoms with Crippen LogP contribution in [-0.2, 0) is 20.9 Å². The van der Waals surface area contributed by atoms with Crippen LogP contribution in [0.1, 0.15) is 47.2 Å². The molecule has 5 heterocycles. The summed E-state index contributed by atoms with van der Waals surface area (Å²) in [5.41, 5.74) is 5.14. The number of allylic oxidation sites excluding steroid dienone is 2. The average Bonchev–Trinajstić information content (AvgIpc) is 4.00. The lowest BCUT2D eigenvalue weighted by atomic mass is 10.1. The van der Waals surface area contributed by atoms with Gasteiger partial charge in [-0.25, -0.2) is 9.36 Å². The minimum atomic E-state index is -0.524. The number of nitrogens with zero attached hydrogens (tertiary/aromatic N) is 1. The number of rotatable bonds is 4. The zero-order chi connectivity index (χ0) is 34.5. The minimum absolute atomic E-state index is 0.0933. The molecule has 5 aromatic heterocycles. The van der Waals surface area contributed by atoms with Gasteiger partial charge in [0.25, 0.3) is 0 Å². The third-order valence-electron chi connectivity index (χ3n) is 9.16. The molecule has 7 nitrogen and oxygen atoms in total. The predicted octanol–water partition coefficient (Wildman–Crippen LogP) is 10.1. The van der Waals surface area contributed by atoms with E-state index in [1.165, 1.54) is 22.7 Å². The Bertz CT molecular complexity index is 2790. The lowest BCUT2D eigenvalue weighted by molar-refractivity contribution is -0.110. The molecule has 244 valence electrons. The molecule has 8 aromatic rings. The fraction of sp³-hybridized carbons (Fsp3) is 0.0250. The molecular formula is C40H19NO6S4. The summed E-state index contributed by atoms with van der Waals surface area (Å²) in [5.74, 6) is -2.05. The Balaban J connectivity index is 1.14. The van der Waals surface area contributed by atoms with Gasteiger partial charge in [-0.15, -0.1) is 45.3 Å². The van der Waals surface area contributed by atoms with Crippen LogP contribution in [0.3, 0.4) is 0 Å². The predicted molar refractivity (Wildman–Crippen MR) is 205 cm³/mol. The first-order valence-corrected chi connectivity index (χ1v) is 19.1. The molecule has 0 unspecified atom stereocenters. The Labute approximate surface area is 303 Å². The van der Waals surface area contributed by atoms with Gasteiger partial charge in [-0.05, 0) is 41.0 Å². The van der Waals surface area contributed by atoms with Crippen LogP contribution in [0, 0.1) is 0 Å². The van der Waals surface area contributed by atoms with Crippen molar-refractivity contribution in [2.75, 3.05) is 0 Å². The molecule has 0 saturated heterocycles. The van der Waals surface area contributed by atoms with Gasteiger partial charge >= 0.3 is 6.09 Å². The third-order valence-corrected chi connectivity index (χ3v) is 14.0. The second kappa shape index (κ2) is 11.2. The van der Waals surface area contributed by atoms with E-state index in [4.69, 9.17) is 4.74 Å². The van der Waals surface area contributed by atoms with E-state index in [9.17, 15) is 24.0 Å². The SMILES string of the molecule is O=C1C(=O)c2ccccc2/C1=C/c1cc2sc3c4sc5cc(/C=C6\C(=O)C(=O)c7ccccc76)sc5c4n(C(=O)OCc4ccccc4)c3c2s1. The van der Waals surface area contributed by atoms with Gasteiger partial charge in [-0.2, -0.15) is 0 Å². The van der Waals surface area contributed by atoms with E-state index < -0.39 is 29.2 Å². The highest BCUT2D eigenvalue weighted by atomic mass is 32.1. The molecule has 2 aliphatic carbocycles.